The van der Waals surface area contributed by atoms with E-state index in [4.69, 9.17) is 5.73 Å². The first-order chi connectivity index (χ1) is 8.51. The number of sulfonamides is 1. The molecule has 1 saturated heterocycles. The van der Waals surface area contributed by atoms with Gasteiger partial charge in [0, 0.05) is 25.6 Å². The molecule has 1 aliphatic rings. The van der Waals surface area contributed by atoms with E-state index in [1.54, 1.807) is 12.1 Å². The molecule has 2 rings (SSSR count). The summed E-state index contributed by atoms with van der Waals surface area (Å²) in [4.78, 5) is 11.2. The van der Waals surface area contributed by atoms with E-state index in [2.05, 4.69) is 10.0 Å². The van der Waals surface area contributed by atoms with Gasteiger partial charge in [-0.1, -0.05) is 12.1 Å². The van der Waals surface area contributed by atoms with Crippen LogP contribution in [-0.4, -0.2) is 26.9 Å². The number of carbonyl (C=O) groups is 1. The molecule has 1 aromatic carbocycles. The van der Waals surface area contributed by atoms with E-state index in [1.165, 1.54) is 12.1 Å². The summed E-state index contributed by atoms with van der Waals surface area (Å²) in [6.07, 6.45) is 0.181. The molecule has 7 heteroatoms. The Balaban J connectivity index is 2.12. The molecule has 0 aromatic heterocycles. The Morgan fingerprint density at radius 2 is 2.00 bits per heavy atom. The van der Waals surface area contributed by atoms with E-state index in [1.807, 2.05) is 0 Å². The lowest BCUT2D eigenvalue weighted by molar-refractivity contribution is -0.119. The second-order valence-electron chi connectivity index (χ2n) is 4.17. The minimum atomic E-state index is -3.58. The van der Waals surface area contributed by atoms with Crippen LogP contribution < -0.4 is 15.8 Å². The molecule has 1 atom stereocenters. The third kappa shape index (κ3) is 2.87. The van der Waals surface area contributed by atoms with Crippen molar-refractivity contribution in [2.45, 2.75) is 23.9 Å². The summed E-state index contributed by atoms with van der Waals surface area (Å²) >= 11 is 0. The molecular weight excluding hydrogens is 254 g/mol. The highest BCUT2D eigenvalue weighted by Crippen LogP contribution is 2.12. The van der Waals surface area contributed by atoms with E-state index in [0.717, 1.165) is 5.56 Å². The molecule has 1 fully saturated rings. The van der Waals surface area contributed by atoms with Crippen LogP contribution in [0.15, 0.2) is 29.2 Å². The number of amides is 1. The lowest BCUT2D eigenvalue weighted by atomic mass is 10.2. The van der Waals surface area contributed by atoms with Gasteiger partial charge in [0.1, 0.15) is 0 Å². The average Bonchev–Trinajstić information content (AvgIpc) is 2.74. The van der Waals surface area contributed by atoms with Crippen LogP contribution in [0.4, 0.5) is 0 Å². The van der Waals surface area contributed by atoms with Crippen molar-refractivity contribution in [2.24, 2.45) is 5.73 Å². The number of hydrogen-bond acceptors (Lipinski definition) is 4. The fourth-order valence-corrected chi connectivity index (χ4v) is 3.02. The Morgan fingerprint density at radius 3 is 2.50 bits per heavy atom. The van der Waals surface area contributed by atoms with E-state index in [-0.39, 0.29) is 23.3 Å². The smallest absolute Gasteiger partial charge is 0.240 e. The zero-order valence-electron chi connectivity index (χ0n) is 9.72. The van der Waals surface area contributed by atoms with Crippen molar-refractivity contribution in [2.75, 3.05) is 6.54 Å². The zero-order chi connectivity index (χ0) is 13.2. The summed E-state index contributed by atoms with van der Waals surface area (Å²) in [6.45, 7) is 0.702. The first-order valence-corrected chi connectivity index (χ1v) is 7.07. The summed E-state index contributed by atoms with van der Waals surface area (Å²) in [6, 6.07) is 5.99. The first kappa shape index (κ1) is 13.0. The van der Waals surface area contributed by atoms with Crippen molar-refractivity contribution in [3.8, 4) is 0 Å². The highest BCUT2D eigenvalue weighted by Gasteiger charge is 2.26. The first-order valence-electron chi connectivity index (χ1n) is 5.59. The number of carbonyl (C=O) groups excluding carboxylic acids is 1. The van der Waals surface area contributed by atoms with Gasteiger partial charge in [-0.25, -0.2) is 13.1 Å². The van der Waals surface area contributed by atoms with E-state index in [9.17, 15) is 13.2 Å². The monoisotopic (exact) mass is 269 g/mol. The van der Waals surface area contributed by atoms with Crippen LogP contribution in [0.3, 0.4) is 0 Å². The van der Waals surface area contributed by atoms with Gasteiger partial charge in [-0.2, -0.15) is 0 Å². The highest BCUT2D eigenvalue weighted by molar-refractivity contribution is 7.89. The third-order valence-corrected chi connectivity index (χ3v) is 4.31. The molecule has 4 N–H and O–H groups in total. The quantitative estimate of drug-likeness (QED) is 0.673. The number of nitrogens with one attached hydrogen (secondary N) is 2. The number of benzene rings is 1. The summed E-state index contributed by atoms with van der Waals surface area (Å²) in [5.41, 5.74) is 6.31. The SMILES string of the molecule is NCc1ccc(S(=O)(=O)NC2CNC(=O)C2)cc1. The fourth-order valence-electron chi connectivity index (χ4n) is 1.78. The van der Waals surface area contributed by atoms with Gasteiger partial charge in [-0.15, -0.1) is 0 Å². The number of hydrogen-bond donors (Lipinski definition) is 3. The second kappa shape index (κ2) is 5.05. The van der Waals surface area contributed by atoms with Crippen LogP contribution >= 0.6 is 0 Å². The van der Waals surface area contributed by atoms with Crippen LogP contribution in [0.1, 0.15) is 12.0 Å². The van der Waals surface area contributed by atoms with Crippen molar-refractivity contribution in [3.63, 3.8) is 0 Å². The minimum Gasteiger partial charge on any atom is -0.354 e. The second-order valence-corrected chi connectivity index (χ2v) is 5.89. The Kier molecular flexibility index (Phi) is 3.65. The van der Waals surface area contributed by atoms with Crippen LogP contribution in [0.2, 0.25) is 0 Å². The lowest BCUT2D eigenvalue weighted by Crippen LogP contribution is -2.36. The molecule has 1 unspecified atom stereocenters. The zero-order valence-corrected chi connectivity index (χ0v) is 10.5. The number of rotatable bonds is 4. The molecule has 18 heavy (non-hydrogen) atoms. The van der Waals surface area contributed by atoms with Crippen molar-refractivity contribution in [1.29, 1.82) is 0 Å². The Hall–Kier alpha value is -1.44. The third-order valence-electron chi connectivity index (χ3n) is 2.77. The van der Waals surface area contributed by atoms with E-state index >= 15 is 0 Å². The van der Waals surface area contributed by atoms with Gasteiger partial charge in [-0.05, 0) is 17.7 Å². The van der Waals surface area contributed by atoms with Crippen LogP contribution in [0, 0.1) is 0 Å². The molecule has 6 nitrogen and oxygen atoms in total. The normalized spacial score (nSPS) is 19.8. The van der Waals surface area contributed by atoms with Crippen LogP contribution in [-0.2, 0) is 21.4 Å². The Bertz CT molecular complexity index is 539. The summed E-state index contributed by atoms with van der Waals surface area (Å²) in [5, 5.41) is 2.58. The van der Waals surface area contributed by atoms with Crippen molar-refractivity contribution < 1.29 is 13.2 Å². The molecule has 0 bridgehead atoms. The molecular formula is C11H15N3O3S. The highest BCUT2D eigenvalue weighted by atomic mass is 32.2. The molecule has 0 aliphatic carbocycles. The molecule has 1 amide bonds. The lowest BCUT2D eigenvalue weighted by Gasteiger charge is -2.11. The van der Waals surface area contributed by atoms with E-state index < -0.39 is 10.0 Å². The summed E-state index contributed by atoms with van der Waals surface area (Å²) < 4.78 is 26.5. The van der Waals surface area contributed by atoms with Crippen molar-refractivity contribution in [1.82, 2.24) is 10.0 Å². The molecule has 0 saturated carbocycles. The molecule has 98 valence electrons. The average molecular weight is 269 g/mol. The molecule has 0 radical (unpaired) electrons. The van der Waals surface area contributed by atoms with Crippen molar-refractivity contribution >= 4 is 15.9 Å². The summed E-state index contributed by atoms with van der Waals surface area (Å²) in [7, 11) is -3.58. The van der Waals surface area contributed by atoms with Gasteiger partial charge in [0.05, 0.1) is 4.90 Å². The fraction of sp³-hybridized carbons (Fsp3) is 0.364. The largest absolute Gasteiger partial charge is 0.354 e. The van der Waals surface area contributed by atoms with Crippen LogP contribution in [0.25, 0.3) is 0 Å². The maximum atomic E-state index is 12.0. The van der Waals surface area contributed by atoms with Gasteiger partial charge in [0.15, 0.2) is 0 Å². The maximum absolute atomic E-state index is 12.0. The predicted octanol–water partition coefficient (Wildman–Crippen LogP) is -0.688. The van der Waals surface area contributed by atoms with Crippen molar-refractivity contribution in [3.05, 3.63) is 29.8 Å². The molecule has 1 aliphatic heterocycles. The van der Waals surface area contributed by atoms with Gasteiger partial charge in [-0.3, -0.25) is 4.79 Å². The standard InChI is InChI=1S/C11H15N3O3S/c12-6-8-1-3-10(4-2-8)18(16,17)14-9-5-11(15)13-7-9/h1-4,9,14H,5-7,12H2,(H,13,15). The molecule has 0 spiro atoms. The van der Waals surface area contributed by atoms with Crippen LogP contribution in [0.5, 0.6) is 0 Å². The topological polar surface area (TPSA) is 101 Å². The molecule has 1 heterocycles. The minimum absolute atomic E-state index is 0.138. The van der Waals surface area contributed by atoms with Gasteiger partial charge < -0.3 is 11.1 Å². The predicted molar refractivity (Wildman–Crippen MR) is 66.1 cm³/mol. The molecule has 1 aromatic rings. The Labute approximate surface area is 106 Å². The Morgan fingerprint density at radius 1 is 1.33 bits per heavy atom. The van der Waals surface area contributed by atoms with Gasteiger partial charge in [0.25, 0.3) is 0 Å². The maximum Gasteiger partial charge on any atom is 0.240 e. The summed E-state index contributed by atoms with van der Waals surface area (Å²) in [5.74, 6) is -0.138. The van der Waals surface area contributed by atoms with Gasteiger partial charge in [0.2, 0.25) is 15.9 Å². The van der Waals surface area contributed by atoms with Gasteiger partial charge >= 0.3 is 0 Å². The number of nitrogens with two attached hydrogens (primary N) is 1. The van der Waals surface area contributed by atoms with E-state index in [0.29, 0.717) is 13.1 Å².